The first-order chi connectivity index (χ1) is 7.13. The molecule has 0 saturated heterocycles. The van der Waals surface area contributed by atoms with E-state index in [-0.39, 0.29) is 30.8 Å². The van der Waals surface area contributed by atoms with Crippen LogP contribution in [0.25, 0.3) is 0 Å². The number of nitrogens with one attached hydrogen (secondary N) is 1. The molecule has 0 heterocycles. The summed E-state index contributed by atoms with van der Waals surface area (Å²) in [5.41, 5.74) is 10.6. The molecular formula is C10H20ClN3O2. The molecule has 0 bridgehead atoms. The predicted octanol–water partition coefficient (Wildman–Crippen LogP) is -0.0827. The van der Waals surface area contributed by atoms with Crippen molar-refractivity contribution >= 4 is 24.2 Å². The Labute approximate surface area is 102 Å². The van der Waals surface area contributed by atoms with E-state index in [0.29, 0.717) is 12.5 Å². The molecule has 16 heavy (non-hydrogen) atoms. The number of rotatable bonds is 4. The summed E-state index contributed by atoms with van der Waals surface area (Å²) in [6, 6.07) is 0.121. The van der Waals surface area contributed by atoms with Crippen LogP contribution in [0.2, 0.25) is 0 Å². The standard InChI is InChI=1S/C10H19N3O2.ClH/c11-6-7-3-1-2-4-8(7)13-10(15)5-9(12)14;/h7-8H,1-6,11H2,(H2,12,14)(H,13,15);1H. The van der Waals surface area contributed by atoms with Gasteiger partial charge >= 0.3 is 0 Å². The van der Waals surface area contributed by atoms with Gasteiger partial charge in [-0.3, -0.25) is 9.59 Å². The van der Waals surface area contributed by atoms with Gasteiger partial charge in [0.05, 0.1) is 0 Å². The van der Waals surface area contributed by atoms with Crippen LogP contribution in [0.15, 0.2) is 0 Å². The fourth-order valence-corrected chi connectivity index (χ4v) is 2.10. The zero-order valence-electron chi connectivity index (χ0n) is 9.28. The number of nitrogens with two attached hydrogens (primary N) is 2. The molecule has 0 aromatic carbocycles. The van der Waals surface area contributed by atoms with Gasteiger partial charge in [0, 0.05) is 6.04 Å². The number of carbonyl (C=O) groups excluding carboxylic acids is 2. The van der Waals surface area contributed by atoms with Crippen molar-refractivity contribution in [3.63, 3.8) is 0 Å². The molecule has 2 amide bonds. The van der Waals surface area contributed by atoms with Crippen molar-refractivity contribution in [2.24, 2.45) is 17.4 Å². The summed E-state index contributed by atoms with van der Waals surface area (Å²) in [6.45, 7) is 0.585. The van der Waals surface area contributed by atoms with Crippen LogP contribution in [0.1, 0.15) is 32.1 Å². The van der Waals surface area contributed by atoms with Gasteiger partial charge in [-0.2, -0.15) is 0 Å². The second kappa shape index (κ2) is 7.46. The average molecular weight is 250 g/mol. The highest BCUT2D eigenvalue weighted by Gasteiger charge is 2.25. The fraction of sp³-hybridized carbons (Fsp3) is 0.800. The Bertz CT molecular complexity index is 248. The summed E-state index contributed by atoms with van der Waals surface area (Å²) in [6.07, 6.45) is 4.06. The van der Waals surface area contributed by atoms with E-state index < -0.39 is 5.91 Å². The third kappa shape index (κ3) is 4.81. The normalized spacial score (nSPS) is 24.3. The van der Waals surface area contributed by atoms with E-state index in [1.807, 2.05) is 0 Å². The van der Waals surface area contributed by atoms with Crippen LogP contribution in [-0.4, -0.2) is 24.4 Å². The maximum Gasteiger partial charge on any atom is 0.229 e. The molecular weight excluding hydrogens is 230 g/mol. The highest BCUT2D eigenvalue weighted by Crippen LogP contribution is 2.23. The monoisotopic (exact) mass is 249 g/mol. The number of amides is 2. The molecule has 1 aliphatic rings. The molecule has 0 radical (unpaired) electrons. The zero-order chi connectivity index (χ0) is 11.3. The molecule has 0 aliphatic heterocycles. The van der Waals surface area contributed by atoms with E-state index in [1.54, 1.807) is 0 Å². The Kier molecular flexibility index (Phi) is 7.08. The smallest absolute Gasteiger partial charge is 0.229 e. The van der Waals surface area contributed by atoms with E-state index >= 15 is 0 Å². The lowest BCUT2D eigenvalue weighted by atomic mass is 9.84. The molecule has 2 atom stereocenters. The van der Waals surface area contributed by atoms with Crippen molar-refractivity contribution in [1.29, 1.82) is 0 Å². The van der Waals surface area contributed by atoms with Crippen LogP contribution < -0.4 is 16.8 Å². The van der Waals surface area contributed by atoms with Gasteiger partial charge in [-0.15, -0.1) is 12.4 Å². The van der Waals surface area contributed by atoms with Gasteiger partial charge in [-0.05, 0) is 25.3 Å². The second-order valence-corrected chi connectivity index (χ2v) is 4.10. The minimum atomic E-state index is -0.590. The van der Waals surface area contributed by atoms with Crippen LogP contribution in [-0.2, 0) is 9.59 Å². The minimum absolute atomic E-state index is 0. The quantitative estimate of drug-likeness (QED) is 0.608. The molecule has 6 heteroatoms. The number of primary amides is 1. The highest BCUT2D eigenvalue weighted by molar-refractivity contribution is 5.96. The molecule has 1 aliphatic carbocycles. The van der Waals surface area contributed by atoms with Crippen molar-refractivity contribution in [1.82, 2.24) is 5.32 Å². The SMILES string of the molecule is Cl.NCC1CCCCC1NC(=O)CC(N)=O. The Hall–Kier alpha value is -0.810. The van der Waals surface area contributed by atoms with Crippen molar-refractivity contribution < 1.29 is 9.59 Å². The van der Waals surface area contributed by atoms with Crippen LogP contribution in [0.5, 0.6) is 0 Å². The first-order valence-electron chi connectivity index (χ1n) is 5.41. The van der Waals surface area contributed by atoms with Crippen molar-refractivity contribution in [3.05, 3.63) is 0 Å². The first kappa shape index (κ1) is 15.2. The second-order valence-electron chi connectivity index (χ2n) is 4.10. The topological polar surface area (TPSA) is 98.2 Å². The van der Waals surface area contributed by atoms with Crippen LogP contribution in [0.4, 0.5) is 0 Å². The Morgan fingerprint density at radius 1 is 1.25 bits per heavy atom. The van der Waals surface area contributed by atoms with Gasteiger partial charge in [0.25, 0.3) is 0 Å². The predicted molar refractivity (Wildman–Crippen MR) is 64.0 cm³/mol. The maximum absolute atomic E-state index is 11.3. The number of hydrogen-bond donors (Lipinski definition) is 3. The highest BCUT2D eigenvalue weighted by atomic mass is 35.5. The molecule has 1 fully saturated rings. The molecule has 5 nitrogen and oxygen atoms in total. The number of hydrogen-bond acceptors (Lipinski definition) is 3. The largest absolute Gasteiger partial charge is 0.369 e. The van der Waals surface area contributed by atoms with E-state index in [9.17, 15) is 9.59 Å². The summed E-state index contributed by atoms with van der Waals surface area (Å²) < 4.78 is 0. The van der Waals surface area contributed by atoms with E-state index in [0.717, 1.165) is 19.3 Å². The number of halogens is 1. The molecule has 1 saturated carbocycles. The molecule has 2 unspecified atom stereocenters. The minimum Gasteiger partial charge on any atom is -0.369 e. The third-order valence-corrected chi connectivity index (χ3v) is 2.89. The summed E-state index contributed by atoms with van der Waals surface area (Å²) in [4.78, 5) is 21.9. The Morgan fingerprint density at radius 3 is 2.44 bits per heavy atom. The van der Waals surface area contributed by atoms with Crippen molar-refractivity contribution in [2.75, 3.05) is 6.54 Å². The summed E-state index contributed by atoms with van der Waals surface area (Å²) in [5, 5.41) is 2.83. The van der Waals surface area contributed by atoms with Gasteiger partial charge in [0.15, 0.2) is 0 Å². The van der Waals surface area contributed by atoms with E-state index in [1.165, 1.54) is 6.42 Å². The first-order valence-corrected chi connectivity index (χ1v) is 5.41. The van der Waals surface area contributed by atoms with E-state index in [2.05, 4.69) is 5.32 Å². The Balaban J connectivity index is 0.00000225. The molecule has 1 rings (SSSR count). The third-order valence-electron chi connectivity index (χ3n) is 2.89. The van der Waals surface area contributed by atoms with Crippen molar-refractivity contribution in [3.8, 4) is 0 Å². The molecule has 0 aromatic rings. The summed E-state index contributed by atoms with van der Waals surface area (Å²) in [7, 11) is 0. The van der Waals surface area contributed by atoms with Gasteiger partial charge in [-0.1, -0.05) is 12.8 Å². The zero-order valence-corrected chi connectivity index (χ0v) is 10.1. The van der Waals surface area contributed by atoms with Crippen LogP contribution in [0, 0.1) is 5.92 Å². The van der Waals surface area contributed by atoms with Crippen LogP contribution >= 0.6 is 12.4 Å². The van der Waals surface area contributed by atoms with Gasteiger partial charge in [0.2, 0.25) is 11.8 Å². The summed E-state index contributed by atoms with van der Waals surface area (Å²) in [5.74, 6) is -0.531. The molecule has 94 valence electrons. The molecule has 0 aromatic heterocycles. The van der Waals surface area contributed by atoms with Gasteiger partial charge in [-0.25, -0.2) is 0 Å². The lowest BCUT2D eigenvalue weighted by Gasteiger charge is -2.31. The summed E-state index contributed by atoms with van der Waals surface area (Å²) >= 11 is 0. The molecule has 5 N–H and O–H groups in total. The lowest BCUT2D eigenvalue weighted by Crippen LogP contribution is -2.45. The fourth-order valence-electron chi connectivity index (χ4n) is 2.10. The average Bonchev–Trinajstić information content (AvgIpc) is 2.17. The molecule has 0 spiro atoms. The Morgan fingerprint density at radius 2 is 1.88 bits per heavy atom. The van der Waals surface area contributed by atoms with Gasteiger partial charge in [0.1, 0.15) is 6.42 Å². The number of carbonyl (C=O) groups is 2. The van der Waals surface area contributed by atoms with E-state index in [4.69, 9.17) is 11.5 Å². The van der Waals surface area contributed by atoms with Crippen LogP contribution in [0.3, 0.4) is 0 Å². The maximum atomic E-state index is 11.3. The lowest BCUT2D eigenvalue weighted by molar-refractivity contribution is -0.128. The van der Waals surface area contributed by atoms with Gasteiger partial charge < -0.3 is 16.8 Å². The van der Waals surface area contributed by atoms with Crippen molar-refractivity contribution in [2.45, 2.75) is 38.1 Å².